The Morgan fingerprint density at radius 1 is 0.600 bits per heavy atom. The van der Waals surface area contributed by atoms with Gasteiger partial charge in [0.2, 0.25) is 0 Å². The van der Waals surface area contributed by atoms with Gasteiger partial charge in [-0.05, 0) is 13.8 Å². The van der Waals surface area contributed by atoms with Crippen molar-refractivity contribution in [3.8, 4) is 0 Å². The predicted molar refractivity (Wildman–Crippen MR) is 145 cm³/mol. The zero-order valence-electron chi connectivity index (χ0n) is 21.5. The van der Waals surface area contributed by atoms with E-state index < -0.39 is 0 Å². The van der Waals surface area contributed by atoms with Crippen molar-refractivity contribution in [3.63, 3.8) is 0 Å². The molecule has 0 fully saturated rings. The fraction of sp³-hybridized carbons (Fsp3) is 0.226. The van der Waals surface area contributed by atoms with Crippen LogP contribution in [0.1, 0.15) is 38.9 Å². The van der Waals surface area contributed by atoms with Crippen molar-refractivity contribution >= 4 is 27.7 Å². The molecule has 35 heavy (non-hydrogen) atoms. The summed E-state index contributed by atoms with van der Waals surface area (Å²) in [6.45, 7) is 13.0. The van der Waals surface area contributed by atoms with Gasteiger partial charge in [-0.25, -0.2) is 0 Å². The van der Waals surface area contributed by atoms with E-state index in [4.69, 9.17) is 0 Å². The number of aryl methyl sites for hydroxylation is 6. The summed E-state index contributed by atoms with van der Waals surface area (Å²) in [5.41, 5.74) is 9.74. The van der Waals surface area contributed by atoms with Crippen molar-refractivity contribution in [2.24, 2.45) is 0 Å². The number of rotatable bonds is 2. The van der Waals surface area contributed by atoms with Crippen molar-refractivity contribution < 1.29 is 48.1 Å². The molecule has 0 aliphatic heterocycles. The number of benzene rings is 3. The van der Waals surface area contributed by atoms with Gasteiger partial charge in [0.1, 0.15) is 0 Å². The molecule has 0 N–H and O–H groups in total. The maximum absolute atomic E-state index is 2.26. The molecule has 0 amide bonds. The monoisotopic (exact) mass is 594 g/mol. The molecule has 5 aromatic rings. The molecular weight excluding hydrogens is 563 g/mol. The summed E-state index contributed by atoms with van der Waals surface area (Å²) in [6.07, 6.45) is 0.715. The zero-order valence-corrected chi connectivity index (χ0v) is 26.7. The molecule has 182 valence electrons. The molecule has 5 aromatic carbocycles. The Hall–Kier alpha value is -1.44. The predicted octanol–water partition coefficient (Wildman–Crippen LogP) is 2.06. The molecule has 5 rings (SSSR count). The van der Waals surface area contributed by atoms with Crippen LogP contribution in [0, 0.1) is 41.5 Å². The van der Waals surface area contributed by atoms with Gasteiger partial charge in [-0.2, -0.15) is 12.1 Å². The molecule has 0 aliphatic rings. The van der Waals surface area contributed by atoms with Crippen LogP contribution in [-0.4, -0.2) is 6.16 Å². The fourth-order valence-electron chi connectivity index (χ4n) is 4.20. The summed E-state index contributed by atoms with van der Waals surface area (Å²) >= 11 is 1.72. The molecule has 0 atom stereocenters. The quantitative estimate of drug-likeness (QED) is 0.216. The Balaban J connectivity index is 0.000000258. The second-order valence-electron chi connectivity index (χ2n) is 9.01. The second kappa shape index (κ2) is 15.0. The van der Waals surface area contributed by atoms with E-state index in [1.165, 1.54) is 66.5 Å². The topological polar surface area (TPSA) is 0 Å². The molecule has 0 spiro atoms. The van der Waals surface area contributed by atoms with E-state index >= 15 is 0 Å². The van der Waals surface area contributed by atoms with E-state index in [0.717, 1.165) is 0 Å². The number of fused-ring (bicyclic) bond motifs is 2. The van der Waals surface area contributed by atoms with Crippen LogP contribution in [-0.2, 0) is 29.4 Å². The van der Waals surface area contributed by atoms with Crippen molar-refractivity contribution in [2.45, 2.75) is 47.6 Å². The molecule has 0 radical (unpaired) electrons. The van der Waals surface area contributed by atoms with Gasteiger partial charge in [-0.1, -0.05) is 51.0 Å². The summed E-state index contributed by atoms with van der Waals surface area (Å²) in [5.74, 6) is 0. The van der Waals surface area contributed by atoms with Gasteiger partial charge >= 0.3 is 71.4 Å². The van der Waals surface area contributed by atoms with Crippen LogP contribution in [0.2, 0.25) is 0 Å². The summed E-state index contributed by atoms with van der Waals surface area (Å²) in [4.78, 5) is 0. The first-order valence-corrected chi connectivity index (χ1v) is 17.2. The molecule has 0 heterocycles. The normalized spacial score (nSPS) is 9.83. The minimum atomic E-state index is 0. The zero-order chi connectivity index (χ0) is 24.0. The minimum absolute atomic E-state index is 0. The standard InChI is InChI=1S/2C12H13.C7H8Si.2ClH.Zr/c2*1-8-6-11-9(2)4-5-10(3)12(11)7-8;8-6-7-4-2-1-3-5-7;;;/h2*4-7H,1-3H3;1-5,8H,6H2;2*1H;/q2*-1;;;;+2/p-2. The Labute approximate surface area is 239 Å². The molecule has 0 saturated carbocycles. The van der Waals surface area contributed by atoms with Crippen molar-refractivity contribution in [2.75, 3.05) is 0 Å². The summed E-state index contributed by atoms with van der Waals surface area (Å²) < 4.78 is 0. The third kappa shape index (κ3) is 8.57. The van der Waals surface area contributed by atoms with Crippen LogP contribution in [0.25, 0.3) is 21.5 Å². The SMILES string of the molecule is Cc1cc2c(C)ccc(C)c2[cH-]1.Cc1cc2c(C)ccc(C)c2[cH-]1.[Cl-].[Cl-].[Zr+2]=[SiH]Cc1ccccc1. The molecule has 0 aliphatic carbocycles. The first-order valence-electron chi connectivity index (χ1n) is 11.6. The van der Waals surface area contributed by atoms with Gasteiger partial charge in [-0.3, -0.25) is 0 Å². The Morgan fingerprint density at radius 2 is 1.00 bits per heavy atom. The summed E-state index contributed by atoms with van der Waals surface area (Å²) in [7, 11) is 0. The van der Waals surface area contributed by atoms with Gasteiger partial charge in [0.15, 0.2) is 0 Å². The van der Waals surface area contributed by atoms with Gasteiger partial charge in [0.25, 0.3) is 0 Å². The molecule has 0 aromatic heterocycles. The van der Waals surface area contributed by atoms with E-state index in [1.807, 2.05) is 0 Å². The number of hydrogen-bond acceptors (Lipinski definition) is 0. The van der Waals surface area contributed by atoms with Crippen LogP contribution >= 0.6 is 0 Å². The van der Waals surface area contributed by atoms with Crippen molar-refractivity contribution in [1.29, 1.82) is 0 Å². The third-order valence-electron chi connectivity index (χ3n) is 6.11. The van der Waals surface area contributed by atoms with Crippen LogP contribution in [0.15, 0.2) is 78.9 Å². The van der Waals surface area contributed by atoms with Crippen LogP contribution in [0.3, 0.4) is 0 Å². The second-order valence-corrected chi connectivity index (χ2v) is 12.8. The van der Waals surface area contributed by atoms with Gasteiger partial charge in [-0.15, -0.1) is 68.1 Å². The molecular formula is C31H34Cl2SiZr-2. The Bertz CT molecular complexity index is 1200. The van der Waals surface area contributed by atoms with Gasteiger partial charge < -0.3 is 24.8 Å². The van der Waals surface area contributed by atoms with E-state index in [0.29, 0.717) is 6.16 Å². The van der Waals surface area contributed by atoms with E-state index in [1.54, 1.807) is 23.3 Å². The molecule has 0 nitrogen and oxygen atoms in total. The molecule has 0 bridgehead atoms. The molecule has 0 saturated heterocycles. The summed E-state index contributed by atoms with van der Waals surface area (Å²) in [5, 5.41) is 5.64. The van der Waals surface area contributed by atoms with E-state index in [-0.39, 0.29) is 24.8 Å². The number of hydrogen-bond donors (Lipinski definition) is 0. The van der Waals surface area contributed by atoms with Gasteiger partial charge in [0, 0.05) is 0 Å². The molecule has 0 unspecified atom stereocenters. The van der Waals surface area contributed by atoms with Crippen molar-refractivity contribution in [1.82, 2.24) is 0 Å². The van der Waals surface area contributed by atoms with E-state index in [2.05, 4.69) is 120 Å². The van der Waals surface area contributed by atoms with Crippen LogP contribution in [0.5, 0.6) is 0 Å². The average Bonchev–Trinajstić information content (AvgIpc) is 3.40. The number of halogens is 2. The van der Waals surface area contributed by atoms with Crippen molar-refractivity contribution in [3.05, 3.63) is 118 Å². The average molecular weight is 597 g/mol. The van der Waals surface area contributed by atoms with Crippen LogP contribution < -0.4 is 24.8 Å². The van der Waals surface area contributed by atoms with Crippen LogP contribution in [0.4, 0.5) is 0 Å². The first kappa shape index (κ1) is 31.6. The Kier molecular flexibility index (Phi) is 13.5. The first-order chi connectivity index (χ1) is 15.8. The molecule has 4 heteroatoms. The Morgan fingerprint density at radius 3 is 1.37 bits per heavy atom. The third-order valence-corrected chi connectivity index (χ3v) is 8.30. The van der Waals surface area contributed by atoms with E-state index in [9.17, 15) is 0 Å². The fourth-order valence-corrected chi connectivity index (χ4v) is 6.45. The summed E-state index contributed by atoms with van der Waals surface area (Å²) in [6, 6.07) is 29.9. The maximum atomic E-state index is 2.26. The van der Waals surface area contributed by atoms with Gasteiger partial charge in [0.05, 0.1) is 0 Å².